The van der Waals surface area contributed by atoms with E-state index >= 15 is 0 Å². The Hall–Kier alpha value is -1.07. The van der Waals surface area contributed by atoms with Gasteiger partial charge in [-0.1, -0.05) is 24.4 Å². The Morgan fingerprint density at radius 1 is 1.62 bits per heavy atom. The maximum Gasteiger partial charge on any atom is 0.189 e. The summed E-state index contributed by atoms with van der Waals surface area (Å²) in [5.41, 5.74) is 0.907. The van der Waals surface area contributed by atoms with E-state index in [1.165, 1.54) is 11.8 Å². The second-order valence-corrected chi connectivity index (χ2v) is 4.06. The summed E-state index contributed by atoms with van der Waals surface area (Å²) in [5, 5.41) is 0.746. The quantitative estimate of drug-likeness (QED) is 0.448. The number of methoxy groups -OCH3 is 1. The Morgan fingerprint density at radius 2 is 2.31 bits per heavy atom. The number of nitrogens with zero attached hydrogens (tertiary/aromatic N) is 3. The van der Waals surface area contributed by atoms with E-state index in [0.29, 0.717) is 0 Å². The van der Waals surface area contributed by atoms with Crippen molar-refractivity contribution in [3.8, 4) is 0 Å². The van der Waals surface area contributed by atoms with E-state index in [1.807, 2.05) is 25.1 Å². The molecular formula is C11H17N3OS. The van der Waals surface area contributed by atoms with Crippen molar-refractivity contribution in [1.82, 2.24) is 9.97 Å². The van der Waals surface area contributed by atoms with Crippen molar-refractivity contribution in [2.24, 2.45) is 0 Å². The molecule has 0 aliphatic heterocycles. The van der Waals surface area contributed by atoms with Gasteiger partial charge in [0.2, 0.25) is 0 Å². The zero-order valence-electron chi connectivity index (χ0n) is 10.1. The van der Waals surface area contributed by atoms with Crippen LogP contribution in [0.2, 0.25) is 0 Å². The summed E-state index contributed by atoms with van der Waals surface area (Å²) in [5.74, 6) is 0.837. The lowest BCUT2D eigenvalue weighted by Crippen LogP contribution is -2.31. The standard InChI is InChI=1S/C11H17N3OS/c1-6-9-7-12-11(16-5)13-10(9)14(3)8(2)15-4/h6-8H,1H2,2-5H3. The summed E-state index contributed by atoms with van der Waals surface area (Å²) in [6.45, 7) is 5.73. The van der Waals surface area contributed by atoms with Crippen LogP contribution in [0.15, 0.2) is 17.9 Å². The van der Waals surface area contributed by atoms with Crippen LogP contribution >= 0.6 is 11.8 Å². The fourth-order valence-corrected chi connectivity index (χ4v) is 1.56. The molecule has 1 unspecified atom stereocenters. The van der Waals surface area contributed by atoms with Crippen LogP contribution in [0.5, 0.6) is 0 Å². The highest BCUT2D eigenvalue weighted by Gasteiger charge is 2.14. The number of thioether (sulfide) groups is 1. The Labute approximate surface area is 101 Å². The van der Waals surface area contributed by atoms with Crippen LogP contribution in [0.4, 0.5) is 5.82 Å². The van der Waals surface area contributed by atoms with Gasteiger partial charge < -0.3 is 9.64 Å². The van der Waals surface area contributed by atoms with Gasteiger partial charge in [0, 0.05) is 25.9 Å². The molecule has 0 saturated heterocycles. The summed E-state index contributed by atoms with van der Waals surface area (Å²) < 4.78 is 5.26. The number of hydrogen-bond donors (Lipinski definition) is 0. The van der Waals surface area contributed by atoms with Crippen LogP contribution in [-0.2, 0) is 4.74 Å². The maximum absolute atomic E-state index is 5.26. The molecule has 0 amide bonds. The predicted molar refractivity (Wildman–Crippen MR) is 68.8 cm³/mol. The average Bonchev–Trinajstić information content (AvgIpc) is 2.35. The Morgan fingerprint density at radius 3 is 2.81 bits per heavy atom. The average molecular weight is 239 g/mol. The first-order chi connectivity index (χ1) is 7.63. The van der Waals surface area contributed by atoms with Crippen LogP contribution in [0.1, 0.15) is 12.5 Å². The van der Waals surface area contributed by atoms with E-state index in [1.54, 1.807) is 19.4 Å². The van der Waals surface area contributed by atoms with Crippen molar-refractivity contribution >= 4 is 23.7 Å². The number of rotatable bonds is 5. The molecule has 5 heteroatoms. The van der Waals surface area contributed by atoms with Crippen LogP contribution in [-0.4, -0.2) is 36.6 Å². The van der Waals surface area contributed by atoms with Gasteiger partial charge in [0.15, 0.2) is 5.16 Å². The second-order valence-electron chi connectivity index (χ2n) is 3.29. The van der Waals surface area contributed by atoms with E-state index in [0.717, 1.165) is 16.5 Å². The fourth-order valence-electron chi connectivity index (χ4n) is 1.22. The molecule has 1 heterocycles. The first kappa shape index (κ1) is 13.0. The minimum absolute atomic E-state index is 0.0386. The third-order valence-electron chi connectivity index (χ3n) is 2.40. The van der Waals surface area contributed by atoms with Crippen molar-refractivity contribution < 1.29 is 4.74 Å². The normalized spacial score (nSPS) is 12.2. The van der Waals surface area contributed by atoms with Crippen molar-refractivity contribution in [2.75, 3.05) is 25.3 Å². The van der Waals surface area contributed by atoms with Crippen LogP contribution in [0, 0.1) is 0 Å². The van der Waals surface area contributed by atoms with Crippen LogP contribution in [0.3, 0.4) is 0 Å². The molecule has 0 aromatic carbocycles. The highest BCUT2D eigenvalue weighted by Crippen LogP contribution is 2.22. The predicted octanol–water partition coefficient (Wildman–Crippen LogP) is 2.27. The Balaban J connectivity index is 3.12. The first-order valence-electron chi connectivity index (χ1n) is 4.93. The Bertz CT molecular complexity index is 370. The van der Waals surface area contributed by atoms with Gasteiger partial charge in [-0.2, -0.15) is 0 Å². The van der Waals surface area contributed by atoms with Crippen molar-refractivity contribution in [3.63, 3.8) is 0 Å². The summed E-state index contributed by atoms with van der Waals surface area (Å²) in [6, 6.07) is 0. The van der Waals surface area contributed by atoms with Crippen molar-refractivity contribution in [3.05, 3.63) is 18.3 Å². The number of hydrogen-bond acceptors (Lipinski definition) is 5. The highest BCUT2D eigenvalue weighted by molar-refractivity contribution is 7.98. The largest absolute Gasteiger partial charge is 0.362 e. The second kappa shape index (κ2) is 5.86. The molecule has 0 spiro atoms. The van der Waals surface area contributed by atoms with E-state index in [9.17, 15) is 0 Å². The SMILES string of the molecule is C=Cc1cnc(SC)nc1N(C)C(C)OC. The Kier molecular flexibility index (Phi) is 4.76. The summed E-state index contributed by atoms with van der Waals surface area (Å²) in [7, 11) is 3.61. The number of anilines is 1. The summed E-state index contributed by atoms with van der Waals surface area (Å²) in [6.07, 6.45) is 5.44. The molecule has 88 valence electrons. The van der Waals surface area contributed by atoms with E-state index in [-0.39, 0.29) is 6.23 Å². The molecule has 0 aliphatic carbocycles. The molecule has 1 rings (SSSR count). The highest BCUT2D eigenvalue weighted by atomic mass is 32.2. The third kappa shape index (κ3) is 2.74. The van der Waals surface area contributed by atoms with Gasteiger partial charge in [0.05, 0.1) is 0 Å². The van der Waals surface area contributed by atoms with Gasteiger partial charge in [0.1, 0.15) is 12.0 Å². The van der Waals surface area contributed by atoms with Crippen molar-refractivity contribution in [2.45, 2.75) is 18.3 Å². The van der Waals surface area contributed by atoms with Gasteiger partial charge in [-0.3, -0.25) is 0 Å². The van der Waals surface area contributed by atoms with Gasteiger partial charge >= 0.3 is 0 Å². The smallest absolute Gasteiger partial charge is 0.189 e. The van der Waals surface area contributed by atoms with Gasteiger partial charge in [-0.25, -0.2) is 9.97 Å². The van der Waals surface area contributed by atoms with Gasteiger partial charge in [0.25, 0.3) is 0 Å². The lowest BCUT2D eigenvalue weighted by Gasteiger charge is -2.25. The summed E-state index contributed by atoms with van der Waals surface area (Å²) >= 11 is 1.51. The van der Waals surface area contributed by atoms with Gasteiger partial charge in [-0.05, 0) is 13.2 Å². The molecule has 16 heavy (non-hydrogen) atoms. The fraction of sp³-hybridized carbons (Fsp3) is 0.455. The maximum atomic E-state index is 5.26. The molecule has 1 atom stereocenters. The minimum Gasteiger partial charge on any atom is -0.362 e. The summed E-state index contributed by atoms with van der Waals surface area (Å²) in [4.78, 5) is 10.6. The van der Waals surface area contributed by atoms with Gasteiger partial charge in [-0.15, -0.1) is 0 Å². The molecule has 0 radical (unpaired) electrons. The molecule has 1 aromatic heterocycles. The lowest BCUT2D eigenvalue weighted by molar-refractivity contribution is 0.118. The number of aromatic nitrogens is 2. The molecule has 0 N–H and O–H groups in total. The molecule has 0 saturated carbocycles. The molecular weight excluding hydrogens is 222 g/mol. The van der Waals surface area contributed by atoms with E-state index < -0.39 is 0 Å². The molecule has 4 nitrogen and oxygen atoms in total. The van der Waals surface area contributed by atoms with Crippen LogP contribution in [0.25, 0.3) is 6.08 Å². The third-order valence-corrected chi connectivity index (χ3v) is 2.96. The van der Waals surface area contributed by atoms with Crippen LogP contribution < -0.4 is 4.90 Å². The topological polar surface area (TPSA) is 38.2 Å². The molecule has 1 aromatic rings. The van der Waals surface area contributed by atoms with Crippen molar-refractivity contribution in [1.29, 1.82) is 0 Å². The zero-order valence-corrected chi connectivity index (χ0v) is 10.9. The lowest BCUT2D eigenvalue weighted by atomic mass is 10.3. The first-order valence-corrected chi connectivity index (χ1v) is 6.15. The molecule has 0 bridgehead atoms. The monoisotopic (exact) mass is 239 g/mol. The zero-order chi connectivity index (χ0) is 12.1. The molecule has 0 fully saturated rings. The minimum atomic E-state index is -0.0386. The molecule has 0 aliphatic rings. The van der Waals surface area contributed by atoms with E-state index in [2.05, 4.69) is 16.5 Å². The number of ether oxygens (including phenoxy) is 1. The van der Waals surface area contributed by atoms with E-state index in [4.69, 9.17) is 4.74 Å².